The number of nitrogens with zero attached hydrogens (tertiary/aromatic N) is 2. The number of morpholine rings is 1. The minimum absolute atomic E-state index is 0.160. The quantitative estimate of drug-likeness (QED) is 0.610. The maximum Gasteiger partial charge on any atom is 0.246 e. The number of benzene rings is 2. The van der Waals surface area contributed by atoms with Gasteiger partial charge in [-0.1, -0.05) is 42.8 Å². The summed E-state index contributed by atoms with van der Waals surface area (Å²) in [5.41, 5.74) is 5.72. The van der Waals surface area contributed by atoms with Crippen molar-refractivity contribution in [1.29, 1.82) is 0 Å². The predicted octanol–water partition coefficient (Wildman–Crippen LogP) is 3.63. The van der Waals surface area contributed by atoms with Gasteiger partial charge >= 0.3 is 0 Å². The lowest BCUT2D eigenvalue weighted by atomic mass is 9.69. The van der Waals surface area contributed by atoms with E-state index in [1.165, 1.54) is 34.5 Å². The second-order valence-corrected chi connectivity index (χ2v) is 10.8. The molecule has 0 aromatic heterocycles. The Labute approximate surface area is 210 Å². The summed E-state index contributed by atoms with van der Waals surface area (Å²) in [4.78, 5) is 18.3. The highest BCUT2D eigenvalue weighted by Gasteiger charge is 2.51. The smallest absolute Gasteiger partial charge is 0.246 e. The number of hydrogen-bond donors (Lipinski definition) is 2. The van der Waals surface area contributed by atoms with Gasteiger partial charge in [0.05, 0.1) is 12.7 Å². The Morgan fingerprint density at radius 3 is 2.77 bits per heavy atom. The lowest BCUT2D eigenvalue weighted by Gasteiger charge is -2.42. The van der Waals surface area contributed by atoms with E-state index in [4.69, 9.17) is 4.74 Å². The van der Waals surface area contributed by atoms with Crippen molar-refractivity contribution < 1.29 is 9.53 Å². The van der Waals surface area contributed by atoms with Gasteiger partial charge < -0.3 is 25.2 Å². The van der Waals surface area contributed by atoms with E-state index in [-0.39, 0.29) is 12.0 Å². The molecule has 0 radical (unpaired) electrons. The van der Waals surface area contributed by atoms with Crippen LogP contribution < -0.4 is 15.5 Å². The van der Waals surface area contributed by atoms with Crippen LogP contribution in [-0.2, 0) is 22.4 Å². The lowest BCUT2D eigenvalue weighted by Crippen LogP contribution is -2.58. The highest BCUT2D eigenvalue weighted by Crippen LogP contribution is 2.46. The Morgan fingerprint density at radius 1 is 1.20 bits per heavy atom. The second kappa shape index (κ2) is 10.2. The van der Waals surface area contributed by atoms with Crippen LogP contribution in [0, 0.1) is 12.8 Å². The van der Waals surface area contributed by atoms with Gasteiger partial charge in [-0.05, 0) is 69.0 Å². The van der Waals surface area contributed by atoms with Gasteiger partial charge in [0.15, 0.2) is 0 Å². The molecule has 35 heavy (non-hydrogen) atoms. The standard InChI is InChI=1S/C29H40N4O2/c1-21-8-6-10-23-18-29(31-27(21)23,24-11-7-12-24)28(34)30-15-14-22-9-4-5-13-26(22)33-16-17-35-25(20-33)19-32(2)3/h4-6,8-10,13,24-25,31H,7,11-12,14-20H2,1-3H3,(H,30,34). The fraction of sp³-hybridized carbons (Fsp3) is 0.552. The molecule has 1 amide bonds. The summed E-state index contributed by atoms with van der Waals surface area (Å²) in [5, 5.41) is 7.04. The number of aryl methyl sites for hydroxylation is 1. The zero-order valence-corrected chi connectivity index (χ0v) is 21.5. The first-order chi connectivity index (χ1) is 17.0. The number of nitrogens with one attached hydrogen (secondary N) is 2. The van der Waals surface area contributed by atoms with E-state index in [9.17, 15) is 4.79 Å². The molecular formula is C29H40N4O2. The average Bonchev–Trinajstić information content (AvgIpc) is 3.19. The molecule has 0 bridgehead atoms. The molecule has 2 unspecified atom stereocenters. The maximum atomic E-state index is 13.7. The third kappa shape index (κ3) is 4.91. The van der Waals surface area contributed by atoms with Crippen LogP contribution in [0.2, 0.25) is 0 Å². The molecule has 1 aliphatic carbocycles. The lowest BCUT2D eigenvalue weighted by molar-refractivity contribution is -0.128. The molecular weight excluding hydrogens is 436 g/mol. The Balaban J connectivity index is 1.25. The fourth-order valence-electron chi connectivity index (χ4n) is 6.05. The van der Waals surface area contributed by atoms with Gasteiger partial charge in [0.25, 0.3) is 0 Å². The van der Waals surface area contributed by atoms with Crippen molar-refractivity contribution in [3.63, 3.8) is 0 Å². The summed E-state index contributed by atoms with van der Waals surface area (Å²) in [6, 6.07) is 15.0. The molecule has 1 saturated heterocycles. The number of hydrogen-bond acceptors (Lipinski definition) is 5. The molecule has 0 spiro atoms. The van der Waals surface area contributed by atoms with Crippen LogP contribution in [0.15, 0.2) is 42.5 Å². The average molecular weight is 477 g/mol. The Morgan fingerprint density at radius 2 is 2.03 bits per heavy atom. The number of amides is 1. The molecule has 2 heterocycles. The number of rotatable bonds is 8. The summed E-state index contributed by atoms with van der Waals surface area (Å²) in [6.07, 6.45) is 5.30. The molecule has 2 aromatic carbocycles. The van der Waals surface area contributed by atoms with E-state index < -0.39 is 5.54 Å². The van der Waals surface area contributed by atoms with Crippen molar-refractivity contribution in [3.05, 3.63) is 59.2 Å². The molecule has 3 aliphatic rings. The van der Waals surface area contributed by atoms with Crippen LogP contribution in [0.3, 0.4) is 0 Å². The van der Waals surface area contributed by atoms with Crippen molar-refractivity contribution in [2.45, 2.75) is 50.7 Å². The molecule has 2 atom stereocenters. The summed E-state index contributed by atoms with van der Waals surface area (Å²) in [6.45, 7) is 6.25. The molecule has 2 fully saturated rings. The van der Waals surface area contributed by atoms with Crippen molar-refractivity contribution in [3.8, 4) is 0 Å². The zero-order chi connectivity index (χ0) is 24.4. The van der Waals surface area contributed by atoms with Crippen molar-refractivity contribution in [2.75, 3.05) is 57.1 Å². The van der Waals surface area contributed by atoms with Crippen LogP contribution in [0.5, 0.6) is 0 Å². The Bertz CT molecular complexity index is 1050. The van der Waals surface area contributed by atoms with E-state index in [0.29, 0.717) is 12.5 Å². The van der Waals surface area contributed by atoms with Gasteiger partial charge in [-0.15, -0.1) is 0 Å². The summed E-state index contributed by atoms with van der Waals surface area (Å²) in [7, 11) is 4.18. The minimum atomic E-state index is -0.504. The largest absolute Gasteiger partial charge is 0.373 e. The van der Waals surface area contributed by atoms with E-state index in [0.717, 1.165) is 51.9 Å². The minimum Gasteiger partial charge on any atom is -0.373 e. The van der Waals surface area contributed by atoms with Crippen molar-refractivity contribution >= 4 is 17.3 Å². The SMILES string of the molecule is Cc1cccc2c1NC(C(=O)NCCc1ccccc1N1CCOC(CN(C)C)C1)(C1CCC1)C2. The van der Waals surface area contributed by atoms with Crippen LogP contribution in [0.1, 0.15) is 36.0 Å². The molecule has 2 aromatic rings. The van der Waals surface area contributed by atoms with Crippen LogP contribution in [-0.4, -0.2) is 69.3 Å². The van der Waals surface area contributed by atoms with Gasteiger partial charge in [0.1, 0.15) is 5.54 Å². The normalized spacial score (nSPS) is 24.1. The van der Waals surface area contributed by atoms with E-state index in [1.54, 1.807) is 0 Å². The third-order valence-corrected chi connectivity index (χ3v) is 8.10. The van der Waals surface area contributed by atoms with Gasteiger partial charge in [-0.25, -0.2) is 0 Å². The number of carbonyl (C=O) groups excluding carboxylic acids is 1. The second-order valence-electron chi connectivity index (χ2n) is 10.8. The first-order valence-corrected chi connectivity index (χ1v) is 13.2. The molecule has 188 valence electrons. The summed E-state index contributed by atoms with van der Waals surface area (Å²) >= 11 is 0. The summed E-state index contributed by atoms with van der Waals surface area (Å²) < 4.78 is 5.99. The first-order valence-electron chi connectivity index (χ1n) is 13.2. The molecule has 6 nitrogen and oxygen atoms in total. The number of likely N-dealkylation sites (N-methyl/N-ethyl adjacent to an activating group) is 1. The molecule has 1 saturated carbocycles. The van der Waals surface area contributed by atoms with Gasteiger partial charge in [0.2, 0.25) is 5.91 Å². The fourth-order valence-corrected chi connectivity index (χ4v) is 6.05. The highest BCUT2D eigenvalue weighted by atomic mass is 16.5. The topological polar surface area (TPSA) is 56.8 Å². The molecule has 6 heteroatoms. The Hall–Kier alpha value is -2.57. The maximum absolute atomic E-state index is 13.7. The Kier molecular flexibility index (Phi) is 7.03. The number of ether oxygens (including phenoxy) is 1. The molecule has 5 rings (SSSR count). The third-order valence-electron chi connectivity index (χ3n) is 8.10. The monoisotopic (exact) mass is 476 g/mol. The predicted molar refractivity (Wildman–Crippen MR) is 142 cm³/mol. The van der Waals surface area contributed by atoms with Gasteiger partial charge in [0, 0.05) is 44.0 Å². The van der Waals surface area contributed by atoms with Gasteiger partial charge in [-0.2, -0.15) is 0 Å². The number of anilines is 2. The van der Waals surface area contributed by atoms with E-state index >= 15 is 0 Å². The molecule has 2 aliphatic heterocycles. The van der Waals surface area contributed by atoms with Crippen LogP contribution in [0.4, 0.5) is 11.4 Å². The number of carbonyl (C=O) groups is 1. The van der Waals surface area contributed by atoms with E-state index in [1.807, 2.05) is 0 Å². The molecule has 2 N–H and O–H groups in total. The number of fused-ring (bicyclic) bond motifs is 1. The highest BCUT2D eigenvalue weighted by molar-refractivity contribution is 5.93. The van der Waals surface area contributed by atoms with Crippen molar-refractivity contribution in [2.24, 2.45) is 5.92 Å². The van der Waals surface area contributed by atoms with Crippen molar-refractivity contribution in [1.82, 2.24) is 10.2 Å². The van der Waals surface area contributed by atoms with E-state index in [2.05, 4.69) is 83.9 Å². The van der Waals surface area contributed by atoms with Gasteiger partial charge in [-0.3, -0.25) is 4.79 Å². The number of para-hydroxylation sites is 2. The zero-order valence-electron chi connectivity index (χ0n) is 21.5. The van der Waals surface area contributed by atoms with Crippen LogP contribution in [0.25, 0.3) is 0 Å². The van der Waals surface area contributed by atoms with Crippen LogP contribution >= 0.6 is 0 Å². The summed E-state index contributed by atoms with van der Waals surface area (Å²) in [5.74, 6) is 0.566. The first kappa shape index (κ1) is 24.1.